The van der Waals surface area contributed by atoms with E-state index in [1.165, 1.54) is 0 Å². The Morgan fingerprint density at radius 1 is 1.47 bits per heavy atom. The number of hydrogen-bond donors (Lipinski definition) is 1. The first kappa shape index (κ1) is 13.2. The molecule has 0 aromatic carbocycles. The van der Waals surface area contributed by atoms with Crippen LogP contribution in [0.3, 0.4) is 0 Å². The molecule has 0 aliphatic carbocycles. The fourth-order valence-electron chi connectivity index (χ4n) is 2.06. The van der Waals surface area contributed by atoms with Crippen molar-refractivity contribution in [3.05, 3.63) is 0 Å². The van der Waals surface area contributed by atoms with E-state index in [0.717, 1.165) is 43.5 Å². The van der Waals surface area contributed by atoms with Crippen LogP contribution in [0.2, 0.25) is 0 Å². The third kappa shape index (κ3) is 3.86. The van der Waals surface area contributed by atoms with Crippen molar-refractivity contribution in [2.45, 2.75) is 38.3 Å². The maximum atomic E-state index is 5.47. The number of thioether (sulfide) groups is 1. The number of nitrogens with zero attached hydrogens (tertiary/aromatic N) is 1. The third-order valence-corrected chi connectivity index (χ3v) is 4.31. The van der Waals surface area contributed by atoms with Gasteiger partial charge in [0.15, 0.2) is 5.17 Å². The van der Waals surface area contributed by atoms with Gasteiger partial charge in [-0.25, -0.2) is 0 Å². The number of rotatable bonds is 4. The topological polar surface area (TPSA) is 42.8 Å². The minimum absolute atomic E-state index is 0.251. The van der Waals surface area contributed by atoms with Gasteiger partial charge in [0.1, 0.15) is 0 Å². The minimum atomic E-state index is 0.251. The Bertz CT molecular complexity index is 276. The molecule has 2 fully saturated rings. The first-order chi connectivity index (χ1) is 8.20. The van der Waals surface area contributed by atoms with Gasteiger partial charge in [-0.1, -0.05) is 11.8 Å². The highest BCUT2D eigenvalue weighted by molar-refractivity contribution is 8.14. The summed E-state index contributed by atoms with van der Waals surface area (Å²) in [6.07, 6.45) is 2.49. The molecule has 17 heavy (non-hydrogen) atoms. The van der Waals surface area contributed by atoms with E-state index >= 15 is 0 Å². The molecule has 2 heterocycles. The summed E-state index contributed by atoms with van der Waals surface area (Å²) in [6.45, 7) is 7.30. The number of nitrogens with one attached hydrogen (secondary N) is 1. The van der Waals surface area contributed by atoms with E-state index in [1.54, 1.807) is 0 Å². The monoisotopic (exact) mass is 258 g/mol. The summed E-state index contributed by atoms with van der Waals surface area (Å²) in [6, 6.07) is 0. The molecule has 5 heteroatoms. The molecule has 0 aromatic rings. The van der Waals surface area contributed by atoms with Gasteiger partial charge in [0.05, 0.1) is 24.8 Å². The smallest absolute Gasteiger partial charge is 0.157 e. The summed E-state index contributed by atoms with van der Waals surface area (Å²) >= 11 is 1.83. The Kier molecular flexibility index (Phi) is 4.70. The minimum Gasteiger partial charge on any atom is -0.381 e. The zero-order valence-corrected chi connectivity index (χ0v) is 11.5. The standard InChI is InChI=1S/C12H22N2O2S/c1-10(2)16-8-5-13-11-14-12(9-17-11)3-6-15-7-4-12/h10H,3-9H2,1-2H3,(H,13,14). The summed E-state index contributed by atoms with van der Waals surface area (Å²) in [4.78, 5) is 4.55. The molecule has 4 nitrogen and oxygen atoms in total. The van der Waals surface area contributed by atoms with Crippen LogP contribution < -0.4 is 5.32 Å². The van der Waals surface area contributed by atoms with Crippen molar-refractivity contribution in [3.8, 4) is 0 Å². The van der Waals surface area contributed by atoms with Crippen molar-refractivity contribution < 1.29 is 9.47 Å². The lowest BCUT2D eigenvalue weighted by Crippen LogP contribution is -2.48. The van der Waals surface area contributed by atoms with E-state index in [2.05, 4.69) is 10.3 Å². The summed E-state index contributed by atoms with van der Waals surface area (Å²) in [5, 5.41) is 4.65. The predicted octanol–water partition coefficient (Wildman–Crippen LogP) is 1.65. The normalized spacial score (nSPS) is 25.7. The fraction of sp³-hybridized carbons (Fsp3) is 0.917. The van der Waals surface area contributed by atoms with Gasteiger partial charge in [0.25, 0.3) is 0 Å². The molecule has 2 rings (SSSR count). The van der Waals surface area contributed by atoms with E-state index < -0.39 is 0 Å². The van der Waals surface area contributed by atoms with Crippen LogP contribution in [0, 0.1) is 0 Å². The Labute approximate surface area is 108 Å². The van der Waals surface area contributed by atoms with Crippen LogP contribution in [0.5, 0.6) is 0 Å². The molecular weight excluding hydrogens is 236 g/mol. The summed E-state index contributed by atoms with van der Waals surface area (Å²) in [5.74, 6) is 1.13. The number of amidine groups is 1. The molecule has 98 valence electrons. The van der Waals surface area contributed by atoms with E-state index in [9.17, 15) is 0 Å². The van der Waals surface area contributed by atoms with Gasteiger partial charge in [-0.15, -0.1) is 0 Å². The Hall–Kier alpha value is -0.260. The van der Waals surface area contributed by atoms with Crippen molar-refractivity contribution in [2.75, 3.05) is 32.1 Å². The molecule has 0 amide bonds. The Morgan fingerprint density at radius 2 is 2.24 bits per heavy atom. The SMILES string of the molecule is CC(C)OCCN=C1NC2(CCOCC2)CS1. The van der Waals surface area contributed by atoms with Crippen molar-refractivity contribution in [2.24, 2.45) is 4.99 Å². The second kappa shape index (κ2) is 6.07. The van der Waals surface area contributed by atoms with E-state index in [0.29, 0.717) is 12.7 Å². The van der Waals surface area contributed by atoms with E-state index in [1.807, 2.05) is 25.6 Å². The van der Waals surface area contributed by atoms with Crippen molar-refractivity contribution >= 4 is 16.9 Å². The molecule has 0 unspecified atom stereocenters. The summed E-state index contributed by atoms with van der Waals surface area (Å²) in [7, 11) is 0. The first-order valence-corrected chi connectivity index (χ1v) is 7.34. The highest BCUT2D eigenvalue weighted by atomic mass is 32.2. The van der Waals surface area contributed by atoms with Crippen molar-refractivity contribution in [1.82, 2.24) is 5.32 Å². The average molecular weight is 258 g/mol. The van der Waals surface area contributed by atoms with Crippen LogP contribution in [-0.4, -0.2) is 48.9 Å². The zero-order valence-electron chi connectivity index (χ0n) is 10.7. The Morgan fingerprint density at radius 3 is 2.94 bits per heavy atom. The maximum absolute atomic E-state index is 5.47. The molecule has 2 aliphatic heterocycles. The molecule has 0 radical (unpaired) electrons. The van der Waals surface area contributed by atoms with Crippen LogP contribution in [0.25, 0.3) is 0 Å². The van der Waals surface area contributed by atoms with Crippen molar-refractivity contribution in [3.63, 3.8) is 0 Å². The lowest BCUT2D eigenvalue weighted by Gasteiger charge is -2.32. The first-order valence-electron chi connectivity index (χ1n) is 6.35. The second-order valence-corrected chi connectivity index (χ2v) is 5.88. The number of hydrogen-bond acceptors (Lipinski definition) is 4. The largest absolute Gasteiger partial charge is 0.381 e. The van der Waals surface area contributed by atoms with Gasteiger partial charge < -0.3 is 14.8 Å². The molecule has 0 aromatic heterocycles. The molecule has 0 saturated carbocycles. The Balaban J connectivity index is 1.74. The van der Waals surface area contributed by atoms with Gasteiger partial charge >= 0.3 is 0 Å². The lowest BCUT2D eigenvalue weighted by atomic mass is 9.93. The highest BCUT2D eigenvalue weighted by Gasteiger charge is 2.38. The van der Waals surface area contributed by atoms with E-state index in [-0.39, 0.29) is 5.54 Å². The van der Waals surface area contributed by atoms with E-state index in [4.69, 9.17) is 9.47 Å². The summed E-state index contributed by atoms with van der Waals surface area (Å²) < 4.78 is 10.9. The van der Waals surface area contributed by atoms with Gasteiger partial charge in [0, 0.05) is 19.0 Å². The average Bonchev–Trinajstić information content (AvgIpc) is 2.69. The third-order valence-electron chi connectivity index (χ3n) is 3.11. The number of aliphatic imine (C=N–C) groups is 1. The van der Waals surface area contributed by atoms with Crippen molar-refractivity contribution in [1.29, 1.82) is 0 Å². The predicted molar refractivity (Wildman–Crippen MR) is 71.8 cm³/mol. The lowest BCUT2D eigenvalue weighted by molar-refractivity contribution is 0.0554. The molecular formula is C12H22N2O2S. The zero-order chi connectivity index (χ0) is 12.1. The molecule has 2 saturated heterocycles. The number of ether oxygens (including phenoxy) is 2. The van der Waals surface area contributed by atoms with Crippen LogP contribution in [0.4, 0.5) is 0 Å². The van der Waals surface area contributed by atoms with Crippen LogP contribution in [-0.2, 0) is 9.47 Å². The second-order valence-electron chi connectivity index (χ2n) is 4.91. The summed E-state index contributed by atoms with van der Waals surface area (Å²) in [5.41, 5.74) is 0.251. The van der Waals surface area contributed by atoms with Gasteiger partial charge in [-0.3, -0.25) is 4.99 Å². The molecule has 0 bridgehead atoms. The van der Waals surface area contributed by atoms with Gasteiger partial charge in [-0.2, -0.15) is 0 Å². The van der Waals surface area contributed by atoms with Crippen LogP contribution in [0.15, 0.2) is 4.99 Å². The van der Waals surface area contributed by atoms with Crippen LogP contribution >= 0.6 is 11.8 Å². The molecule has 0 atom stereocenters. The molecule has 1 N–H and O–H groups in total. The quantitative estimate of drug-likeness (QED) is 0.779. The van der Waals surface area contributed by atoms with Gasteiger partial charge in [-0.05, 0) is 26.7 Å². The molecule has 1 spiro atoms. The highest BCUT2D eigenvalue weighted by Crippen LogP contribution is 2.31. The van der Waals surface area contributed by atoms with Crippen LogP contribution in [0.1, 0.15) is 26.7 Å². The fourth-order valence-corrected chi connectivity index (χ4v) is 3.30. The molecule has 2 aliphatic rings. The van der Waals surface area contributed by atoms with Gasteiger partial charge in [0.2, 0.25) is 0 Å². The maximum Gasteiger partial charge on any atom is 0.157 e.